The number of benzene rings is 1. The number of hydrogen-bond acceptors (Lipinski definition) is 3. The first-order valence-corrected chi connectivity index (χ1v) is 7.54. The van der Waals surface area contributed by atoms with E-state index in [9.17, 15) is 9.18 Å². The third-order valence-electron chi connectivity index (χ3n) is 4.70. The topological polar surface area (TPSA) is 49.6 Å². The van der Waals surface area contributed by atoms with Crippen LogP contribution < -0.4 is 5.73 Å². The van der Waals surface area contributed by atoms with Crippen LogP contribution in [0, 0.1) is 5.82 Å². The third kappa shape index (κ3) is 2.56. The zero-order chi connectivity index (χ0) is 15.1. The fourth-order valence-electron chi connectivity index (χ4n) is 3.40. The predicted octanol–water partition coefficient (Wildman–Crippen LogP) is 1.52. The molecule has 114 valence electrons. The molecular weight excluding hydrogens is 269 g/mol. The van der Waals surface area contributed by atoms with Crippen LogP contribution in [-0.2, 0) is 4.79 Å². The van der Waals surface area contributed by atoms with Crippen molar-refractivity contribution < 1.29 is 9.18 Å². The average molecular weight is 291 g/mol. The molecule has 0 radical (unpaired) electrons. The fraction of sp³-hybridized carbons (Fsp3) is 0.562. The molecule has 3 aliphatic heterocycles. The van der Waals surface area contributed by atoms with Crippen LogP contribution in [0.3, 0.4) is 0 Å². The lowest BCUT2D eigenvalue weighted by atomic mass is 9.85. The number of amides is 1. The van der Waals surface area contributed by atoms with Gasteiger partial charge in [0.15, 0.2) is 0 Å². The van der Waals surface area contributed by atoms with Gasteiger partial charge < -0.3 is 10.6 Å². The minimum absolute atomic E-state index is 0.0359. The summed E-state index contributed by atoms with van der Waals surface area (Å²) in [5.41, 5.74) is 6.74. The summed E-state index contributed by atoms with van der Waals surface area (Å²) >= 11 is 0. The average Bonchev–Trinajstić information content (AvgIpc) is 2.47. The van der Waals surface area contributed by atoms with Gasteiger partial charge in [0.1, 0.15) is 11.9 Å². The first-order valence-electron chi connectivity index (χ1n) is 7.54. The number of nitrogens with two attached hydrogens (primary N) is 1. The number of rotatable bonds is 3. The molecule has 21 heavy (non-hydrogen) atoms. The maximum atomic E-state index is 13.0. The highest BCUT2D eigenvalue weighted by Crippen LogP contribution is 2.35. The molecule has 4 nitrogen and oxygen atoms in total. The first-order chi connectivity index (χ1) is 9.97. The number of hydrogen-bond donors (Lipinski definition) is 1. The van der Waals surface area contributed by atoms with Gasteiger partial charge in [-0.1, -0.05) is 12.1 Å². The lowest BCUT2D eigenvalue weighted by molar-refractivity contribution is -0.156. The Bertz CT molecular complexity index is 519. The van der Waals surface area contributed by atoms with Crippen LogP contribution >= 0.6 is 0 Å². The van der Waals surface area contributed by atoms with Crippen molar-refractivity contribution >= 4 is 5.91 Å². The highest BCUT2D eigenvalue weighted by Gasteiger charge is 2.48. The molecule has 1 aromatic rings. The molecular formula is C16H22FN3O. The van der Waals surface area contributed by atoms with Crippen molar-refractivity contribution in [2.45, 2.75) is 44.4 Å². The molecule has 3 aliphatic rings. The van der Waals surface area contributed by atoms with Crippen molar-refractivity contribution in [2.24, 2.45) is 5.73 Å². The van der Waals surface area contributed by atoms with Crippen LogP contribution in [0.2, 0.25) is 0 Å². The van der Waals surface area contributed by atoms with Gasteiger partial charge in [-0.05, 0) is 38.0 Å². The molecule has 5 heteroatoms. The number of fused-ring (bicyclic) bond motifs is 2. The summed E-state index contributed by atoms with van der Waals surface area (Å²) < 4.78 is 13.0. The van der Waals surface area contributed by atoms with Crippen LogP contribution in [0.4, 0.5) is 4.39 Å². The maximum absolute atomic E-state index is 13.0. The third-order valence-corrected chi connectivity index (χ3v) is 4.70. The summed E-state index contributed by atoms with van der Waals surface area (Å²) in [6.45, 7) is 6.22. The minimum Gasteiger partial charge on any atom is -0.332 e. The van der Waals surface area contributed by atoms with Gasteiger partial charge in [-0.15, -0.1) is 0 Å². The summed E-state index contributed by atoms with van der Waals surface area (Å²) in [5.74, 6) is -0.349. The second kappa shape index (κ2) is 5.39. The molecule has 0 aliphatic carbocycles. The van der Waals surface area contributed by atoms with Crippen molar-refractivity contribution in [1.82, 2.24) is 9.80 Å². The zero-order valence-electron chi connectivity index (χ0n) is 12.5. The van der Waals surface area contributed by atoms with E-state index in [-0.39, 0.29) is 23.8 Å². The SMILES string of the molecule is CC(C)N1CC2CC(C1)N2C(=O)C(N)c1ccc(F)cc1. The molecule has 3 unspecified atom stereocenters. The van der Waals surface area contributed by atoms with E-state index in [0.717, 1.165) is 19.5 Å². The lowest BCUT2D eigenvalue weighted by Gasteiger charge is -2.57. The molecule has 0 aromatic heterocycles. The molecule has 4 rings (SSSR count). The zero-order valence-corrected chi connectivity index (χ0v) is 12.5. The molecule has 3 atom stereocenters. The molecule has 3 saturated heterocycles. The number of halogens is 1. The summed E-state index contributed by atoms with van der Waals surface area (Å²) in [7, 11) is 0. The molecule has 1 aromatic carbocycles. The van der Waals surface area contributed by atoms with E-state index in [2.05, 4.69) is 18.7 Å². The van der Waals surface area contributed by atoms with E-state index in [1.165, 1.54) is 12.1 Å². The van der Waals surface area contributed by atoms with E-state index in [4.69, 9.17) is 5.73 Å². The van der Waals surface area contributed by atoms with Crippen LogP contribution in [0.1, 0.15) is 31.9 Å². The highest BCUT2D eigenvalue weighted by atomic mass is 19.1. The molecule has 3 fully saturated rings. The Morgan fingerprint density at radius 3 is 2.33 bits per heavy atom. The van der Waals surface area contributed by atoms with Crippen LogP contribution in [0.15, 0.2) is 24.3 Å². The highest BCUT2D eigenvalue weighted by molar-refractivity contribution is 5.84. The van der Waals surface area contributed by atoms with E-state index < -0.39 is 6.04 Å². The predicted molar refractivity (Wildman–Crippen MR) is 79.1 cm³/mol. The van der Waals surface area contributed by atoms with Gasteiger partial charge in [0.25, 0.3) is 0 Å². The van der Waals surface area contributed by atoms with Crippen molar-refractivity contribution in [3.05, 3.63) is 35.6 Å². The summed E-state index contributed by atoms with van der Waals surface area (Å²) in [5, 5.41) is 0. The fourth-order valence-corrected chi connectivity index (χ4v) is 3.40. The molecule has 1 amide bonds. The van der Waals surface area contributed by atoms with Gasteiger partial charge >= 0.3 is 0 Å². The Balaban J connectivity index is 1.68. The van der Waals surface area contributed by atoms with Gasteiger partial charge in [-0.2, -0.15) is 0 Å². The number of piperazine rings is 1. The standard InChI is InChI=1S/C16H22FN3O/c1-10(2)19-8-13-7-14(9-19)20(13)16(21)15(18)11-3-5-12(17)6-4-11/h3-6,10,13-15H,7-9,18H2,1-2H3. The van der Waals surface area contributed by atoms with Crippen LogP contribution in [0.25, 0.3) is 0 Å². The number of carbonyl (C=O) groups is 1. The minimum atomic E-state index is -0.693. The second-order valence-corrected chi connectivity index (χ2v) is 6.37. The van der Waals surface area contributed by atoms with Gasteiger partial charge in [0, 0.05) is 31.2 Å². The van der Waals surface area contributed by atoms with Gasteiger partial charge in [-0.25, -0.2) is 4.39 Å². The van der Waals surface area contributed by atoms with E-state index >= 15 is 0 Å². The van der Waals surface area contributed by atoms with Crippen molar-refractivity contribution in [3.8, 4) is 0 Å². The van der Waals surface area contributed by atoms with Crippen molar-refractivity contribution in [3.63, 3.8) is 0 Å². The summed E-state index contributed by atoms with van der Waals surface area (Å²) in [6, 6.07) is 6.26. The van der Waals surface area contributed by atoms with Gasteiger partial charge in [-0.3, -0.25) is 9.69 Å². The second-order valence-electron chi connectivity index (χ2n) is 6.37. The van der Waals surface area contributed by atoms with E-state index in [0.29, 0.717) is 11.6 Å². The number of nitrogens with zero attached hydrogens (tertiary/aromatic N) is 2. The van der Waals surface area contributed by atoms with Gasteiger partial charge in [0.2, 0.25) is 5.91 Å². The number of carbonyl (C=O) groups excluding carboxylic acids is 1. The monoisotopic (exact) mass is 291 g/mol. The normalized spacial score (nSPS) is 26.6. The Labute approximate surface area is 124 Å². The Morgan fingerprint density at radius 2 is 1.81 bits per heavy atom. The first kappa shape index (κ1) is 14.5. The van der Waals surface area contributed by atoms with E-state index in [1.807, 2.05) is 4.90 Å². The molecule has 2 bridgehead atoms. The molecule has 2 N–H and O–H groups in total. The molecule has 0 spiro atoms. The Kier molecular flexibility index (Phi) is 3.71. The van der Waals surface area contributed by atoms with E-state index in [1.54, 1.807) is 12.1 Å². The number of piperidine rings is 1. The molecule has 0 saturated carbocycles. The Hall–Kier alpha value is -1.46. The summed E-state index contributed by atoms with van der Waals surface area (Å²) in [6.07, 6.45) is 1.07. The van der Waals surface area contributed by atoms with Crippen molar-refractivity contribution in [2.75, 3.05) is 13.1 Å². The maximum Gasteiger partial charge on any atom is 0.244 e. The van der Waals surface area contributed by atoms with Crippen molar-refractivity contribution in [1.29, 1.82) is 0 Å². The quantitative estimate of drug-likeness (QED) is 0.918. The van der Waals surface area contributed by atoms with Crippen LogP contribution in [-0.4, -0.2) is 46.9 Å². The Morgan fingerprint density at radius 1 is 1.24 bits per heavy atom. The van der Waals surface area contributed by atoms with Gasteiger partial charge in [0.05, 0.1) is 0 Å². The largest absolute Gasteiger partial charge is 0.332 e. The van der Waals surface area contributed by atoms with Crippen LogP contribution in [0.5, 0.6) is 0 Å². The summed E-state index contributed by atoms with van der Waals surface area (Å²) in [4.78, 5) is 16.9. The smallest absolute Gasteiger partial charge is 0.244 e. The molecule has 3 heterocycles. The lowest BCUT2D eigenvalue weighted by Crippen LogP contribution is -2.71.